The Morgan fingerprint density at radius 3 is 2.74 bits per heavy atom. The van der Waals surface area contributed by atoms with E-state index in [1.165, 1.54) is 29.4 Å². The number of H-pyrrole nitrogens is 1. The second-order valence-corrected chi connectivity index (χ2v) is 8.10. The number of nitrogens with one attached hydrogen (secondary N) is 1. The fraction of sp³-hybridized carbons (Fsp3) is 0.240. The molecule has 0 radical (unpaired) electrons. The maximum atomic E-state index is 13.6. The molecule has 0 bridgehead atoms. The Labute approximate surface area is 180 Å². The highest BCUT2D eigenvalue weighted by Crippen LogP contribution is 2.31. The van der Waals surface area contributed by atoms with Gasteiger partial charge >= 0.3 is 0 Å². The summed E-state index contributed by atoms with van der Waals surface area (Å²) in [6.07, 6.45) is 8.11. The van der Waals surface area contributed by atoms with Gasteiger partial charge in [0.05, 0.1) is 11.3 Å². The summed E-state index contributed by atoms with van der Waals surface area (Å²) in [5.74, 6) is 0.164. The number of nitrogens with zero attached hydrogens (tertiary/aromatic N) is 3. The highest BCUT2D eigenvalue weighted by molar-refractivity contribution is 5.99. The molecular formula is C25H23FN4O. The Hall–Kier alpha value is -3.54. The number of halogens is 1. The van der Waals surface area contributed by atoms with Gasteiger partial charge in [-0.1, -0.05) is 18.2 Å². The van der Waals surface area contributed by atoms with Gasteiger partial charge in [-0.25, -0.2) is 14.4 Å². The molecule has 2 aromatic carbocycles. The predicted octanol–water partition coefficient (Wildman–Crippen LogP) is 4.86. The lowest BCUT2D eigenvalue weighted by Crippen LogP contribution is -2.35. The Morgan fingerprint density at radius 1 is 1.13 bits per heavy atom. The van der Waals surface area contributed by atoms with Crippen LogP contribution in [0.5, 0.6) is 0 Å². The molecule has 1 aliphatic rings. The van der Waals surface area contributed by atoms with E-state index in [4.69, 9.17) is 0 Å². The molecule has 1 N–H and O–H groups in total. The fourth-order valence-corrected chi connectivity index (χ4v) is 3.98. The molecule has 31 heavy (non-hydrogen) atoms. The van der Waals surface area contributed by atoms with Crippen LogP contribution in [0.3, 0.4) is 0 Å². The number of carbonyl (C=O) groups excluding carboxylic acids is 1. The molecule has 2 heterocycles. The molecule has 1 amide bonds. The summed E-state index contributed by atoms with van der Waals surface area (Å²) in [5.41, 5.74) is 4.00. The second kappa shape index (κ2) is 8.30. The lowest BCUT2D eigenvalue weighted by atomic mass is 10.1. The van der Waals surface area contributed by atoms with Crippen molar-refractivity contribution in [3.8, 4) is 11.3 Å². The van der Waals surface area contributed by atoms with Gasteiger partial charge in [-0.3, -0.25) is 4.79 Å². The van der Waals surface area contributed by atoms with Crippen molar-refractivity contribution in [2.75, 3.05) is 13.1 Å². The zero-order valence-corrected chi connectivity index (χ0v) is 17.1. The van der Waals surface area contributed by atoms with Gasteiger partial charge in [-0.05, 0) is 61.1 Å². The molecule has 1 aliphatic carbocycles. The van der Waals surface area contributed by atoms with E-state index < -0.39 is 0 Å². The highest BCUT2D eigenvalue weighted by atomic mass is 19.1. The molecule has 5 nitrogen and oxygen atoms in total. The van der Waals surface area contributed by atoms with Crippen molar-refractivity contribution in [1.82, 2.24) is 19.9 Å². The van der Waals surface area contributed by atoms with Gasteiger partial charge in [0.1, 0.15) is 12.1 Å². The largest absolute Gasteiger partial charge is 0.361 e. The molecule has 0 saturated heterocycles. The van der Waals surface area contributed by atoms with E-state index in [1.54, 1.807) is 18.3 Å². The number of carbonyl (C=O) groups is 1. The first-order chi connectivity index (χ1) is 15.2. The summed E-state index contributed by atoms with van der Waals surface area (Å²) in [4.78, 5) is 27.2. The van der Waals surface area contributed by atoms with Gasteiger partial charge in [-0.15, -0.1) is 0 Å². The summed E-state index contributed by atoms with van der Waals surface area (Å²) in [5, 5.41) is 1.19. The summed E-state index contributed by atoms with van der Waals surface area (Å²) in [6, 6.07) is 14.3. The van der Waals surface area contributed by atoms with Crippen LogP contribution in [0.25, 0.3) is 22.2 Å². The van der Waals surface area contributed by atoms with Crippen LogP contribution in [0.4, 0.5) is 4.39 Å². The molecule has 156 valence electrons. The van der Waals surface area contributed by atoms with Crippen LogP contribution >= 0.6 is 0 Å². The molecule has 6 heteroatoms. The molecule has 1 saturated carbocycles. The standard InChI is InChI=1S/C25H23FN4O/c26-20-9-7-18(8-10-20)24-22(14-27-16-29-24)25(31)30(15-17-5-6-17)12-11-19-13-28-23-4-2-1-3-21(19)23/h1-4,7-10,13-14,16-17,28H,5-6,11-12,15H2. The highest BCUT2D eigenvalue weighted by Gasteiger charge is 2.29. The van der Waals surface area contributed by atoms with Gasteiger partial charge in [-0.2, -0.15) is 0 Å². The third-order valence-electron chi connectivity index (χ3n) is 5.85. The zero-order valence-electron chi connectivity index (χ0n) is 17.1. The second-order valence-electron chi connectivity index (χ2n) is 8.10. The van der Waals surface area contributed by atoms with Gasteiger partial charge in [0, 0.05) is 41.9 Å². The van der Waals surface area contributed by atoms with E-state index in [0.29, 0.717) is 29.3 Å². The van der Waals surface area contributed by atoms with Crippen molar-refractivity contribution >= 4 is 16.8 Å². The lowest BCUT2D eigenvalue weighted by molar-refractivity contribution is 0.0749. The van der Waals surface area contributed by atoms with E-state index in [0.717, 1.165) is 31.3 Å². The molecule has 0 unspecified atom stereocenters. The maximum absolute atomic E-state index is 13.6. The quantitative estimate of drug-likeness (QED) is 0.470. The number of hydrogen-bond donors (Lipinski definition) is 1. The molecule has 0 aliphatic heterocycles. The van der Waals surface area contributed by atoms with Crippen molar-refractivity contribution in [2.45, 2.75) is 19.3 Å². The van der Waals surface area contributed by atoms with Gasteiger partial charge < -0.3 is 9.88 Å². The summed E-state index contributed by atoms with van der Waals surface area (Å²) >= 11 is 0. The van der Waals surface area contributed by atoms with Crippen LogP contribution in [-0.2, 0) is 6.42 Å². The van der Waals surface area contributed by atoms with Crippen LogP contribution in [0.2, 0.25) is 0 Å². The van der Waals surface area contributed by atoms with Crippen molar-refractivity contribution in [3.63, 3.8) is 0 Å². The molecule has 0 spiro atoms. The normalized spacial score (nSPS) is 13.5. The number of aromatic nitrogens is 3. The van der Waals surface area contributed by atoms with Crippen LogP contribution in [0.1, 0.15) is 28.8 Å². The Morgan fingerprint density at radius 2 is 1.94 bits per heavy atom. The minimum Gasteiger partial charge on any atom is -0.361 e. The molecule has 1 fully saturated rings. The molecule has 5 rings (SSSR count). The van der Waals surface area contributed by atoms with E-state index in [9.17, 15) is 9.18 Å². The predicted molar refractivity (Wildman–Crippen MR) is 118 cm³/mol. The van der Waals surface area contributed by atoms with Crippen molar-refractivity contribution in [2.24, 2.45) is 5.92 Å². The van der Waals surface area contributed by atoms with Crippen molar-refractivity contribution in [3.05, 3.63) is 84.2 Å². The summed E-state index contributed by atoms with van der Waals surface area (Å²) in [7, 11) is 0. The Balaban J connectivity index is 1.41. The van der Waals surface area contributed by atoms with E-state index in [2.05, 4.69) is 27.1 Å². The molecule has 0 atom stereocenters. The van der Waals surface area contributed by atoms with E-state index in [-0.39, 0.29) is 11.7 Å². The SMILES string of the molecule is O=C(c1cncnc1-c1ccc(F)cc1)N(CCc1c[nH]c2ccccc12)CC1CC1. The van der Waals surface area contributed by atoms with Gasteiger partial charge in [0.25, 0.3) is 5.91 Å². The minimum atomic E-state index is -0.320. The summed E-state index contributed by atoms with van der Waals surface area (Å²) in [6.45, 7) is 1.36. The number of benzene rings is 2. The number of rotatable bonds is 7. The van der Waals surface area contributed by atoms with E-state index >= 15 is 0 Å². The average molecular weight is 414 g/mol. The van der Waals surface area contributed by atoms with Gasteiger partial charge in [0.15, 0.2) is 0 Å². The summed E-state index contributed by atoms with van der Waals surface area (Å²) < 4.78 is 13.4. The first-order valence-corrected chi connectivity index (χ1v) is 10.6. The van der Waals surface area contributed by atoms with Crippen LogP contribution < -0.4 is 0 Å². The third kappa shape index (κ3) is 4.19. The first kappa shape index (κ1) is 19.4. The van der Waals surface area contributed by atoms with Crippen molar-refractivity contribution < 1.29 is 9.18 Å². The molecule has 2 aromatic heterocycles. The van der Waals surface area contributed by atoms with Crippen molar-refractivity contribution in [1.29, 1.82) is 0 Å². The zero-order chi connectivity index (χ0) is 21.2. The topological polar surface area (TPSA) is 61.9 Å². The number of amides is 1. The number of para-hydroxylation sites is 1. The molecular weight excluding hydrogens is 391 g/mol. The molecule has 4 aromatic rings. The average Bonchev–Trinajstić information content (AvgIpc) is 3.54. The van der Waals surface area contributed by atoms with Crippen LogP contribution in [0.15, 0.2) is 67.3 Å². The Kier molecular flexibility index (Phi) is 5.20. The van der Waals surface area contributed by atoms with Gasteiger partial charge in [0.2, 0.25) is 0 Å². The minimum absolute atomic E-state index is 0.0772. The Bertz CT molecular complexity index is 1210. The maximum Gasteiger partial charge on any atom is 0.257 e. The number of aromatic amines is 1. The number of fused-ring (bicyclic) bond motifs is 1. The first-order valence-electron chi connectivity index (χ1n) is 10.6. The lowest BCUT2D eigenvalue weighted by Gasteiger charge is -2.23. The third-order valence-corrected chi connectivity index (χ3v) is 5.85. The van der Waals surface area contributed by atoms with E-state index in [1.807, 2.05) is 23.2 Å². The van der Waals surface area contributed by atoms with Crippen LogP contribution in [-0.4, -0.2) is 38.8 Å². The monoisotopic (exact) mass is 414 g/mol. The smallest absolute Gasteiger partial charge is 0.257 e. The number of hydrogen-bond acceptors (Lipinski definition) is 3. The van der Waals surface area contributed by atoms with Crippen LogP contribution in [0, 0.1) is 11.7 Å². The fourth-order valence-electron chi connectivity index (χ4n) is 3.98.